The second-order valence-electron chi connectivity index (χ2n) is 3.82. The Labute approximate surface area is 86.1 Å². The number of aromatic amines is 1. The van der Waals surface area contributed by atoms with Gasteiger partial charge in [-0.05, 0) is 25.1 Å². The van der Waals surface area contributed by atoms with Crippen molar-refractivity contribution in [1.29, 1.82) is 0 Å². The van der Waals surface area contributed by atoms with Crippen LogP contribution in [0.1, 0.15) is 12.5 Å². The number of rotatable bonds is 1. The number of nitrogens with zero attached hydrogens (tertiary/aromatic N) is 2. The summed E-state index contributed by atoms with van der Waals surface area (Å²) in [5, 5.41) is 3.25. The molecule has 0 saturated carbocycles. The number of hydrogen-bond donors (Lipinski definition) is 2. The van der Waals surface area contributed by atoms with Crippen LogP contribution in [0.4, 0.5) is 0 Å². The molecule has 0 aromatic carbocycles. The third-order valence-corrected chi connectivity index (χ3v) is 2.87. The highest BCUT2D eigenvalue weighted by molar-refractivity contribution is 5.70. The van der Waals surface area contributed by atoms with Crippen LogP contribution in [0.15, 0.2) is 23.1 Å². The molecule has 0 amide bonds. The van der Waals surface area contributed by atoms with Crippen molar-refractivity contribution >= 4 is 11.2 Å². The third kappa shape index (κ3) is 1.27. The van der Waals surface area contributed by atoms with Gasteiger partial charge in [-0.15, -0.1) is 0 Å². The fraction of sp³-hybridized carbons (Fsp3) is 0.400. The normalized spacial score (nSPS) is 21.2. The van der Waals surface area contributed by atoms with E-state index in [4.69, 9.17) is 0 Å². The number of nitrogens with one attached hydrogen (secondary N) is 2. The SMILES string of the molecule is O=c1[nH]c2cccnc2n1[C@@H]1CCNC1. The first-order chi connectivity index (χ1) is 7.36. The summed E-state index contributed by atoms with van der Waals surface area (Å²) in [6.45, 7) is 1.82. The molecule has 3 rings (SSSR count). The van der Waals surface area contributed by atoms with Gasteiger partial charge in [0.15, 0.2) is 5.65 Å². The Morgan fingerprint density at radius 3 is 3.27 bits per heavy atom. The van der Waals surface area contributed by atoms with Crippen LogP contribution in [0.2, 0.25) is 0 Å². The van der Waals surface area contributed by atoms with Crippen LogP contribution in [0.3, 0.4) is 0 Å². The first-order valence-electron chi connectivity index (χ1n) is 5.12. The number of aromatic nitrogens is 3. The molecule has 0 radical (unpaired) electrons. The molecule has 3 heterocycles. The van der Waals surface area contributed by atoms with Crippen LogP contribution < -0.4 is 11.0 Å². The van der Waals surface area contributed by atoms with Gasteiger partial charge in [-0.25, -0.2) is 9.78 Å². The zero-order valence-corrected chi connectivity index (χ0v) is 8.23. The molecule has 1 aliphatic rings. The van der Waals surface area contributed by atoms with Crippen molar-refractivity contribution < 1.29 is 0 Å². The Hall–Kier alpha value is -1.62. The number of fused-ring (bicyclic) bond motifs is 1. The van der Waals surface area contributed by atoms with E-state index in [2.05, 4.69) is 15.3 Å². The molecule has 0 unspecified atom stereocenters. The molecule has 1 fully saturated rings. The predicted octanol–water partition coefficient (Wildman–Crippen LogP) is 0.259. The maximum Gasteiger partial charge on any atom is 0.327 e. The summed E-state index contributed by atoms with van der Waals surface area (Å²) in [7, 11) is 0. The summed E-state index contributed by atoms with van der Waals surface area (Å²) in [5.41, 5.74) is 1.52. The topological polar surface area (TPSA) is 62.7 Å². The zero-order valence-electron chi connectivity index (χ0n) is 8.23. The Balaban J connectivity index is 2.23. The zero-order chi connectivity index (χ0) is 10.3. The fourth-order valence-corrected chi connectivity index (χ4v) is 2.16. The number of imidazole rings is 1. The Morgan fingerprint density at radius 2 is 2.47 bits per heavy atom. The number of pyridine rings is 1. The molecule has 2 aromatic heterocycles. The molecule has 15 heavy (non-hydrogen) atoms. The average molecular weight is 204 g/mol. The lowest BCUT2D eigenvalue weighted by Gasteiger charge is -2.08. The van der Waals surface area contributed by atoms with E-state index in [1.54, 1.807) is 10.8 Å². The lowest BCUT2D eigenvalue weighted by atomic mass is 10.2. The molecule has 2 N–H and O–H groups in total. The van der Waals surface area contributed by atoms with Gasteiger partial charge in [-0.2, -0.15) is 0 Å². The first kappa shape index (κ1) is 8.67. The molecular weight excluding hydrogens is 192 g/mol. The summed E-state index contributed by atoms with van der Waals surface area (Å²) in [6, 6.07) is 3.94. The van der Waals surface area contributed by atoms with Crippen LogP contribution in [-0.2, 0) is 0 Å². The molecule has 5 heteroatoms. The first-order valence-corrected chi connectivity index (χ1v) is 5.12. The monoisotopic (exact) mass is 204 g/mol. The van der Waals surface area contributed by atoms with Crippen LogP contribution in [0.25, 0.3) is 11.2 Å². The summed E-state index contributed by atoms with van der Waals surface area (Å²) in [5.74, 6) is 0. The quantitative estimate of drug-likeness (QED) is 0.700. The van der Waals surface area contributed by atoms with Gasteiger partial charge >= 0.3 is 5.69 Å². The highest BCUT2D eigenvalue weighted by atomic mass is 16.1. The Morgan fingerprint density at radius 1 is 1.53 bits per heavy atom. The van der Waals surface area contributed by atoms with Crippen molar-refractivity contribution in [2.75, 3.05) is 13.1 Å². The average Bonchev–Trinajstić information content (AvgIpc) is 2.82. The minimum absolute atomic E-state index is 0.0580. The molecule has 2 aromatic rings. The summed E-state index contributed by atoms with van der Waals surface area (Å²) in [4.78, 5) is 18.8. The second kappa shape index (κ2) is 3.20. The molecule has 0 bridgehead atoms. The van der Waals surface area contributed by atoms with Gasteiger partial charge in [-0.1, -0.05) is 0 Å². The third-order valence-electron chi connectivity index (χ3n) is 2.87. The summed E-state index contributed by atoms with van der Waals surface area (Å²) < 4.78 is 1.76. The standard InChI is InChI=1S/C10H12N4O/c15-10-13-8-2-1-4-12-9(8)14(10)7-3-5-11-6-7/h1-2,4,7,11H,3,5-6H2,(H,13,15)/t7-/m1/s1. The number of H-pyrrole nitrogens is 1. The van der Waals surface area contributed by atoms with Crippen LogP contribution in [-0.4, -0.2) is 27.6 Å². The molecule has 1 aliphatic heterocycles. The van der Waals surface area contributed by atoms with E-state index < -0.39 is 0 Å². The largest absolute Gasteiger partial charge is 0.327 e. The van der Waals surface area contributed by atoms with E-state index in [0.717, 1.165) is 30.7 Å². The second-order valence-corrected chi connectivity index (χ2v) is 3.82. The van der Waals surface area contributed by atoms with Crippen LogP contribution in [0, 0.1) is 0 Å². The van der Waals surface area contributed by atoms with Gasteiger partial charge < -0.3 is 10.3 Å². The van der Waals surface area contributed by atoms with Crippen molar-refractivity contribution in [3.05, 3.63) is 28.8 Å². The lowest BCUT2D eigenvalue weighted by Crippen LogP contribution is -2.24. The van der Waals surface area contributed by atoms with E-state index in [1.807, 2.05) is 12.1 Å². The van der Waals surface area contributed by atoms with Crippen LogP contribution >= 0.6 is 0 Å². The fourth-order valence-electron chi connectivity index (χ4n) is 2.16. The molecule has 1 atom stereocenters. The minimum Gasteiger partial charge on any atom is -0.315 e. The van der Waals surface area contributed by atoms with Crippen molar-refractivity contribution in [1.82, 2.24) is 19.9 Å². The van der Waals surface area contributed by atoms with Crippen molar-refractivity contribution in [2.45, 2.75) is 12.5 Å². The van der Waals surface area contributed by atoms with E-state index in [-0.39, 0.29) is 11.7 Å². The van der Waals surface area contributed by atoms with E-state index in [0.29, 0.717) is 0 Å². The van der Waals surface area contributed by atoms with Gasteiger partial charge in [0.2, 0.25) is 0 Å². The highest BCUT2D eigenvalue weighted by Crippen LogP contribution is 2.17. The van der Waals surface area contributed by atoms with E-state index in [9.17, 15) is 4.79 Å². The van der Waals surface area contributed by atoms with Crippen molar-refractivity contribution in [2.24, 2.45) is 0 Å². The summed E-state index contributed by atoms with van der Waals surface area (Å²) in [6.07, 6.45) is 2.71. The smallest absolute Gasteiger partial charge is 0.315 e. The van der Waals surface area contributed by atoms with Gasteiger partial charge in [0.25, 0.3) is 0 Å². The molecule has 1 saturated heterocycles. The Bertz CT molecular complexity index is 536. The van der Waals surface area contributed by atoms with Crippen molar-refractivity contribution in [3.63, 3.8) is 0 Å². The molecule has 0 spiro atoms. The van der Waals surface area contributed by atoms with Gasteiger partial charge in [0.05, 0.1) is 11.6 Å². The van der Waals surface area contributed by atoms with Crippen LogP contribution in [0.5, 0.6) is 0 Å². The summed E-state index contributed by atoms with van der Waals surface area (Å²) >= 11 is 0. The maximum absolute atomic E-state index is 11.8. The predicted molar refractivity (Wildman–Crippen MR) is 56.9 cm³/mol. The van der Waals surface area contributed by atoms with E-state index >= 15 is 0 Å². The lowest BCUT2D eigenvalue weighted by molar-refractivity contribution is 0.542. The molecule has 78 valence electrons. The van der Waals surface area contributed by atoms with Gasteiger partial charge in [0.1, 0.15) is 0 Å². The molecule has 0 aliphatic carbocycles. The number of hydrogen-bond acceptors (Lipinski definition) is 3. The molecular formula is C10H12N4O. The van der Waals surface area contributed by atoms with Crippen molar-refractivity contribution in [3.8, 4) is 0 Å². The maximum atomic E-state index is 11.8. The van der Waals surface area contributed by atoms with E-state index in [1.165, 1.54) is 0 Å². The highest BCUT2D eigenvalue weighted by Gasteiger charge is 2.20. The minimum atomic E-state index is -0.0580. The Kier molecular flexibility index (Phi) is 1.85. The van der Waals surface area contributed by atoms with Gasteiger partial charge in [0, 0.05) is 12.7 Å². The van der Waals surface area contributed by atoms with Gasteiger partial charge in [-0.3, -0.25) is 4.57 Å². The molecule has 5 nitrogen and oxygen atoms in total.